The number of unbranched alkanes of at least 4 members (excludes halogenated alkanes) is 1. The quantitative estimate of drug-likeness (QED) is 0.700. The highest BCUT2D eigenvalue weighted by Crippen LogP contribution is 2.15. The zero-order chi connectivity index (χ0) is 15.9. The number of aromatic nitrogens is 6. The first kappa shape index (κ1) is 15.0. The van der Waals surface area contributed by atoms with Gasteiger partial charge < -0.3 is 5.32 Å². The molecule has 0 atom stereocenters. The van der Waals surface area contributed by atoms with Gasteiger partial charge in [0.15, 0.2) is 0 Å². The number of rotatable bonds is 6. The van der Waals surface area contributed by atoms with Crippen molar-refractivity contribution in [3.63, 3.8) is 0 Å². The van der Waals surface area contributed by atoms with Gasteiger partial charge in [-0.25, -0.2) is 0 Å². The Labute approximate surface area is 134 Å². The average molecular weight is 307 g/mol. The summed E-state index contributed by atoms with van der Waals surface area (Å²) in [6.45, 7) is 3.10. The molecule has 7 nitrogen and oxygen atoms in total. The van der Waals surface area contributed by atoms with Crippen LogP contribution in [0.15, 0.2) is 42.7 Å². The number of hydrogen-bond donors (Lipinski definition) is 1. The lowest BCUT2D eigenvalue weighted by atomic mass is 10.3. The van der Waals surface area contributed by atoms with Crippen molar-refractivity contribution < 1.29 is 0 Å². The van der Waals surface area contributed by atoms with Crippen molar-refractivity contribution in [2.75, 3.05) is 11.9 Å². The molecule has 0 aliphatic carbocycles. The van der Waals surface area contributed by atoms with Crippen molar-refractivity contribution in [2.24, 2.45) is 0 Å². The topological polar surface area (TPSA) is 89.4 Å². The lowest BCUT2D eigenvalue weighted by molar-refractivity contribution is 0.833. The minimum atomic E-state index is 0.393. The van der Waals surface area contributed by atoms with E-state index in [9.17, 15) is 0 Å². The molecular formula is C16H17N7. The lowest BCUT2D eigenvalue weighted by Gasteiger charge is -2.05. The van der Waals surface area contributed by atoms with Crippen LogP contribution in [-0.4, -0.2) is 36.9 Å². The SMILES string of the molecule is CCCCNc1ccc(-c2nnc(-c3ccccn3)nn2)nc1. The Kier molecular flexibility index (Phi) is 4.78. The van der Waals surface area contributed by atoms with E-state index in [2.05, 4.69) is 42.6 Å². The van der Waals surface area contributed by atoms with Crippen LogP contribution in [0.5, 0.6) is 0 Å². The predicted molar refractivity (Wildman–Crippen MR) is 87.5 cm³/mol. The third-order valence-electron chi connectivity index (χ3n) is 3.22. The van der Waals surface area contributed by atoms with Crippen LogP contribution in [0.1, 0.15) is 19.8 Å². The molecule has 0 fully saturated rings. The molecule has 0 radical (unpaired) electrons. The Morgan fingerprint density at radius 1 is 0.870 bits per heavy atom. The summed E-state index contributed by atoms with van der Waals surface area (Å²) in [4.78, 5) is 8.52. The van der Waals surface area contributed by atoms with E-state index in [1.807, 2.05) is 30.3 Å². The standard InChI is InChI=1S/C16H17N7/c1-2-3-9-17-12-7-8-14(19-11-12)16-22-20-15(21-23-16)13-6-4-5-10-18-13/h4-8,10-11,17H,2-3,9H2,1H3. The van der Waals surface area contributed by atoms with Crippen molar-refractivity contribution in [3.05, 3.63) is 42.7 Å². The first-order chi connectivity index (χ1) is 11.4. The van der Waals surface area contributed by atoms with Gasteiger partial charge in [0.05, 0.1) is 11.9 Å². The summed E-state index contributed by atoms with van der Waals surface area (Å²) in [6, 6.07) is 9.32. The molecule has 0 spiro atoms. The van der Waals surface area contributed by atoms with E-state index >= 15 is 0 Å². The van der Waals surface area contributed by atoms with E-state index in [1.54, 1.807) is 12.4 Å². The Balaban J connectivity index is 1.72. The number of nitrogens with one attached hydrogen (secondary N) is 1. The molecule has 23 heavy (non-hydrogen) atoms. The highest BCUT2D eigenvalue weighted by molar-refractivity contribution is 5.53. The van der Waals surface area contributed by atoms with Crippen LogP contribution in [0.25, 0.3) is 23.0 Å². The van der Waals surface area contributed by atoms with Gasteiger partial charge in [-0.2, -0.15) is 0 Å². The van der Waals surface area contributed by atoms with Crippen LogP contribution in [0, 0.1) is 0 Å². The molecule has 3 rings (SSSR count). The largest absolute Gasteiger partial charge is 0.384 e. The summed E-state index contributed by atoms with van der Waals surface area (Å²) in [5.41, 5.74) is 2.26. The average Bonchev–Trinajstić information content (AvgIpc) is 2.63. The molecule has 0 amide bonds. The van der Waals surface area contributed by atoms with Gasteiger partial charge in [-0.3, -0.25) is 9.97 Å². The molecular weight excluding hydrogens is 290 g/mol. The fourth-order valence-corrected chi connectivity index (χ4v) is 1.97. The molecule has 7 heteroatoms. The lowest BCUT2D eigenvalue weighted by Crippen LogP contribution is -2.03. The third-order valence-corrected chi connectivity index (χ3v) is 3.22. The highest BCUT2D eigenvalue weighted by atomic mass is 15.3. The van der Waals surface area contributed by atoms with Crippen LogP contribution in [0.2, 0.25) is 0 Å². The maximum atomic E-state index is 4.35. The number of nitrogens with zero attached hydrogens (tertiary/aromatic N) is 6. The molecule has 0 unspecified atom stereocenters. The van der Waals surface area contributed by atoms with Crippen molar-refractivity contribution in [2.45, 2.75) is 19.8 Å². The molecule has 3 heterocycles. The molecule has 3 aromatic rings. The third kappa shape index (κ3) is 3.82. The normalized spacial score (nSPS) is 10.5. The van der Waals surface area contributed by atoms with E-state index in [-0.39, 0.29) is 0 Å². The molecule has 0 aliphatic heterocycles. The highest BCUT2D eigenvalue weighted by Gasteiger charge is 2.08. The summed E-state index contributed by atoms with van der Waals surface area (Å²) >= 11 is 0. The summed E-state index contributed by atoms with van der Waals surface area (Å²) < 4.78 is 0. The maximum Gasteiger partial charge on any atom is 0.221 e. The van der Waals surface area contributed by atoms with Crippen LogP contribution >= 0.6 is 0 Å². The predicted octanol–water partition coefficient (Wildman–Crippen LogP) is 2.60. The van der Waals surface area contributed by atoms with E-state index in [0.29, 0.717) is 23.0 Å². The van der Waals surface area contributed by atoms with Gasteiger partial charge >= 0.3 is 0 Å². The van der Waals surface area contributed by atoms with E-state index in [4.69, 9.17) is 0 Å². The number of anilines is 1. The minimum absolute atomic E-state index is 0.393. The fourth-order valence-electron chi connectivity index (χ4n) is 1.97. The van der Waals surface area contributed by atoms with Gasteiger partial charge in [-0.05, 0) is 30.7 Å². The second kappa shape index (κ2) is 7.35. The van der Waals surface area contributed by atoms with Crippen molar-refractivity contribution in [1.29, 1.82) is 0 Å². The number of hydrogen-bond acceptors (Lipinski definition) is 7. The van der Waals surface area contributed by atoms with Crippen LogP contribution in [-0.2, 0) is 0 Å². The van der Waals surface area contributed by atoms with E-state index < -0.39 is 0 Å². The van der Waals surface area contributed by atoms with Crippen LogP contribution < -0.4 is 5.32 Å². The number of pyridine rings is 2. The molecule has 1 N–H and O–H groups in total. The first-order valence-corrected chi connectivity index (χ1v) is 7.56. The summed E-state index contributed by atoms with van der Waals surface area (Å²) in [5.74, 6) is 0.789. The van der Waals surface area contributed by atoms with Gasteiger partial charge in [-0.15, -0.1) is 20.4 Å². The summed E-state index contributed by atoms with van der Waals surface area (Å²) in [6.07, 6.45) is 5.74. The molecule has 3 aromatic heterocycles. The Morgan fingerprint density at radius 3 is 2.17 bits per heavy atom. The van der Waals surface area contributed by atoms with Crippen molar-refractivity contribution >= 4 is 5.69 Å². The molecule has 0 saturated heterocycles. The van der Waals surface area contributed by atoms with Gasteiger partial charge in [0.2, 0.25) is 11.6 Å². The van der Waals surface area contributed by atoms with Gasteiger partial charge in [0, 0.05) is 12.7 Å². The summed E-state index contributed by atoms with van der Waals surface area (Å²) in [5, 5.41) is 19.6. The zero-order valence-electron chi connectivity index (χ0n) is 12.8. The Bertz CT molecular complexity index is 727. The maximum absolute atomic E-state index is 4.35. The fraction of sp³-hybridized carbons (Fsp3) is 0.250. The van der Waals surface area contributed by atoms with Gasteiger partial charge in [-0.1, -0.05) is 19.4 Å². The minimum Gasteiger partial charge on any atom is -0.384 e. The van der Waals surface area contributed by atoms with Crippen LogP contribution in [0.4, 0.5) is 5.69 Å². The Hall–Kier alpha value is -2.96. The second-order valence-corrected chi connectivity index (χ2v) is 4.97. The molecule has 116 valence electrons. The van der Waals surface area contributed by atoms with Crippen LogP contribution in [0.3, 0.4) is 0 Å². The van der Waals surface area contributed by atoms with Crippen molar-refractivity contribution in [3.8, 4) is 23.0 Å². The van der Waals surface area contributed by atoms with E-state index in [1.165, 1.54) is 0 Å². The Morgan fingerprint density at radius 2 is 1.61 bits per heavy atom. The summed E-state index contributed by atoms with van der Waals surface area (Å²) in [7, 11) is 0. The monoisotopic (exact) mass is 307 g/mol. The zero-order valence-corrected chi connectivity index (χ0v) is 12.8. The molecule has 0 aromatic carbocycles. The van der Waals surface area contributed by atoms with E-state index in [0.717, 1.165) is 25.1 Å². The van der Waals surface area contributed by atoms with Crippen molar-refractivity contribution in [1.82, 2.24) is 30.4 Å². The second-order valence-electron chi connectivity index (χ2n) is 4.97. The molecule has 0 saturated carbocycles. The first-order valence-electron chi connectivity index (χ1n) is 7.56. The molecule has 0 bridgehead atoms. The van der Waals surface area contributed by atoms with Gasteiger partial charge in [0.1, 0.15) is 11.4 Å². The molecule has 0 aliphatic rings. The smallest absolute Gasteiger partial charge is 0.221 e. The van der Waals surface area contributed by atoms with Gasteiger partial charge in [0.25, 0.3) is 0 Å².